The zero-order chi connectivity index (χ0) is 13.6. The topological polar surface area (TPSA) is 25.8 Å². The Kier molecular flexibility index (Phi) is 4.15. The maximum Gasteiger partial charge on any atom is 0.0574 e. The molecule has 1 unspecified atom stereocenters. The molecule has 1 aromatic carbocycles. The Morgan fingerprint density at radius 3 is 2.35 bits per heavy atom. The average molecular weight is 278 g/mol. The summed E-state index contributed by atoms with van der Waals surface area (Å²) in [6.07, 6.45) is 17.9. The third-order valence-electron chi connectivity index (χ3n) is 3.14. The number of hydrogen-bond donors (Lipinski definition) is 0. The number of benzene rings is 1. The van der Waals surface area contributed by atoms with E-state index in [0.717, 1.165) is 10.8 Å². The van der Waals surface area contributed by atoms with E-state index in [1.807, 2.05) is 24.3 Å². The Hall–Kier alpha value is -2.05. The molecule has 3 heteroatoms. The molecule has 0 radical (unpaired) electrons. The lowest BCUT2D eigenvalue weighted by Crippen LogP contribution is -1.87. The molecule has 0 spiro atoms. The van der Waals surface area contributed by atoms with Crippen LogP contribution in [0.2, 0.25) is 0 Å². The van der Waals surface area contributed by atoms with Gasteiger partial charge in [-0.3, -0.25) is 0 Å². The molecule has 4 rings (SSSR count). The summed E-state index contributed by atoms with van der Waals surface area (Å²) in [7, 11) is 0.0607. The Labute approximate surface area is 120 Å². The van der Waals surface area contributed by atoms with Gasteiger partial charge in [-0.1, -0.05) is 66.5 Å². The van der Waals surface area contributed by atoms with E-state index in [0.29, 0.717) is 0 Å². The predicted octanol–water partition coefficient (Wildman–Crippen LogP) is 4.64. The summed E-state index contributed by atoms with van der Waals surface area (Å²) in [6, 6.07) is 8.02. The van der Waals surface area contributed by atoms with Crippen molar-refractivity contribution in [2.24, 2.45) is 0 Å². The summed E-state index contributed by atoms with van der Waals surface area (Å²) in [4.78, 5) is 0. The highest BCUT2D eigenvalue weighted by Crippen LogP contribution is 2.50. The van der Waals surface area contributed by atoms with Gasteiger partial charge >= 0.3 is 0 Å². The summed E-state index contributed by atoms with van der Waals surface area (Å²) in [5, 5.41) is 11.3. The quantitative estimate of drug-likeness (QED) is 0.656. The van der Waals surface area contributed by atoms with Crippen LogP contribution in [0.4, 0.5) is 0 Å². The van der Waals surface area contributed by atoms with E-state index in [2.05, 4.69) is 52.5 Å². The van der Waals surface area contributed by atoms with Crippen LogP contribution in [0.15, 0.2) is 84.2 Å². The summed E-state index contributed by atoms with van der Waals surface area (Å²) in [5.41, 5.74) is 0. The molecule has 0 saturated heterocycles. The molecule has 1 aromatic heterocycles. The number of fused-ring (bicyclic) bond motifs is 2. The number of hydrogen-bond acceptors (Lipinski definition) is 2. The van der Waals surface area contributed by atoms with Crippen LogP contribution in [0.3, 0.4) is 0 Å². The fourth-order valence-corrected chi connectivity index (χ4v) is 3.80. The summed E-state index contributed by atoms with van der Waals surface area (Å²) < 4.78 is 0. The van der Waals surface area contributed by atoms with Gasteiger partial charge in [0.25, 0.3) is 0 Å². The summed E-state index contributed by atoms with van der Waals surface area (Å²) in [5.74, 6) is 2.32. The number of allylic oxidation sites excluding steroid dienone is 7. The molecule has 2 nitrogen and oxygen atoms in total. The third kappa shape index (κ3) is 3.09. The van der Waals surface area contributed by atoms with Crippen molar-refractivity contribution in [2.75, 3.05) is 6.16 Å². The smallest absolute Gasteiger partial charge is 0.0574 e. The Morgan fingerprint density at radius 1 is 0.900 bits per heavy atom. The lowest BCUT2D eigenvalue weighted by Gasteiger charge is -2.17. The minimum absolute atomic E-state index is 0.0607. The van der Waals surface area contributed by atoms with E-state index >= 15 is 0 Å². The molecule has 3 heterocycles. The van der Waals surface area contributed by atoms with Gasteiger partial charge in [-0.25, -0.2) is 0 Å². The van der Waals surface area contributed by atoms with Gasteiger partial charge in [-0.2, -0.15) is 10.2 Å². The maximum atomic E-state index is 3.76. The van der Waals surface area contributed by atoms with Crippen molar-refractivity contribution in [1.29, 1.82) is 0 Å². The second kappa shape index (κ2) is 6.40. The van der Waals surface area contributed by atoms with Crippen molar-refractivity contribution in [3.63, 3.8) is 0 Å². The number of nitrogens with zero attached hydrogens (tertiary/aromatic N) is 2. The molecule has 2 aliphatic heterocycles. The zero-order valence-corrected chi connectivity index (χ0v) is 11.9. The number of rotatable bonds is 0. The van der Waals surface area contributed by atoms with Gasteiger partial charge in [0.05, 0.1) is 12.4 Å². The largest absolute Gasteiger partial charge is 0.158 e. The SMILES string of the molecule is C1=CCP2C=CC=CC2=C1.c1ccc2cnncc2c1. The molecule has 20 heavy (non-hydrogen) atoms. The van der Waals surface area contributed by atoms with Gasteiger partial charge in [0, 0.05) is 10.8 Å². The van der Waals surface area contributed by atoms with Crippen LogP contribution < -0.4 is 0 Å². The molecule has 2 aliphatic rings. The van der Waals surface area contributed by atoms with Crippen molar-refractivity contribution in [3.8, 4) is 0 Å². The maximum absolute atomic E-state index is 3.76. The van der Waals surface area contributed by atoms with Gasteiger partial charge in [0.15, 0.2) is 0 Å². The highest BCUT2D eigenvalue weighted by Gasteiger charge is 2.09. The normalized spacial score (nSPS) is 19.0. The molecule has 0 fully saturated rings. The van der Waals surface area contributed by atoms with Gasteiger partial charge in [-0.15, -0.1) is 0 Å². The summed E-state index contributed by atoms with van der Waals surface area (Å²) >= 11 is 0. The molecule has 0 aliphatic carbocycles. The Morgan fingerprint density at radius 2 is 1.65 bits per heavy atom. The van der Waals surface area contributed by atoms with Crippen LogP contribution in [0, 0.1) is 0 Å². The van der Waals surface area contributed by atoms with E-state index in [1.165, 1.54) is 11.5 Å². The van der Waals surface area contributed by atoms with E-state index in [-0.39, 0.29) is 7.92 Å². The van der Waals surface area contributed by atoms with Crippen molar-refractivity contribution < 1.29 is 0 Å². The Bertz CT molecular complexity index is 648. The molecule has 1 atom stereocenters. The standard InChI is InChI=1S/C9H9P.C8H6N2/c1-3-7-10-8-4-2-6-9(10)5-1;1-2-4-8-6-10-9-5-7(8)3-1/h1-7H,8H2;1-6H. The lowest BCUT2D eigenvalue weighted by molar-refractivity contribution is 1.05. The van der Waals surface area contributed by atoms with E-state index in [4.69, 9.17) is 0 Å². The Balaban J connectivity index is 0.000000121. The fraction of sp³-hybridized carbons (Fsp3) is 0.0588. The first-order chi connectivity index (χ1) is 9.93. The van der Waals surface area contributed by atoms with Crippen LogP contribution in [0.5, 0.6) is 0 Å². The fourth-order valence-electron chi connectivity index (χ4n) is 2.09. The number of aromatic nitrogens is 2. The second-order valence-electron chi connectivity index (χ2n) is 4.49. The van der Waals surface area contributed by atoms with Crippen molar-refractivity contribution in [1.82, 2.24) is 10.2 Å². The van der Waals surface area contributed by atoms with Crippen LogP contribution in [0.1, 0.15) is 0 Å². The molecule has 98 valence electrons. The molecule has 2 aromatic rings. The van der Waals surface area contributed by atoms with Crippen LogP contribution >= 0.6 is 7.92 Å². The van der Waals surface area contributed by atoms with Crippen LogP contribution in [-0.4, -0.2) is 16.4 Å². The van der Waals surface area contributed by atoms with Crippen molar-refractivity contribution in [3.05, 3.63) is 84.2 Å². The first-order valence-corrected chi connectivity index (χ1v) is 8.17. The average Bonchev–Trinajstić information content (AvgIpc) is 2.56. The van der Waals surface area contributed by atoms with E-state index < -0.39 is 0 Å². The molecule has 0 amide bonds. The first kappa shape index (κ1) is 13.0. The molecular weight excluding hydrogens is 263 g/mol. The monoisotopic (exact) mass is 278 g/mol. The minimum Gasteiger partial charge on any atom is -0.158 e. The van der Waals surface area contributed by atoms with Crippen molar-refractivity contribution >= 4 is 18.7 Å². The molecule has 0 saturated carbocycles. The second-order valence-corrected chi connectivity index (χ2v) is 6.61. The van der Waals surface area contributed by atoms with Crippen molar-refractivity contribution in [2.45, 2.75) is 0 Å². The van der Waals surface area contributed by atoms with Crippen LogP contribution in [-0.2, 0) is 0 Å². The van der Waals surface area contributed by atoms with Gasteiger partial charge in [0.2, 0.25) is 0 Å². The lowest BCUT2D eigenvalue weighted by atomic mass is 10.2. The minimum atomic E-state index is 0.0607. The molecule has 0 bridgehead atoms. The zero-order valence-electron chi connectivity index (χ0n) is 11.1. The van der Waals surface area contributed by atoms with Crippen LogP contribution in [0.25, 0.3) is 10.8 Å². The molecule has 0 N–H and O–H groups in total. The van der Waals surface area contributed by atoms with Gasteiger partial charge in [0.1, 0.15) is 0 Å². The first-order valence-electron chi connectivity index (χ1n) is 6.57. The van der Waals surface area contributed by atoms with E-state index in [1.54, 1.807) is 12.4 Å². The highest BCUT2D eigenvalue weighted by atomic mass is 31.1. The molecular formula is C17H15N2P. The predicted molar refractivity (Wildman–Crippen MR) is 86.8 cm³/mol. The van der Waals surface area contributed by atoms with Gasteiger partial charge < -0.3 is 0 Å². The van der Waals surface area contributed by atoms with E-state index in [9.17, 15) is 0 Å². The highest BCUT2D eigenvalue weighted by molar-refractivity contribution is 7.65. The summed E-state index contributed by atoms with van der Waals surface area (Å²) in [6.45, 7) is 0. The third-order valence-corrected chi connectivity index (χ3v) is 5.23. The van der Waals surface area contributed by atoms with Gasteiger partial charge in [-0.05, 0) is 19.4 Å².